The number of piperidine rings is 1. The quantitative estimate of drug-likeness (QED) is 0.894. The smallest absolute Gasteiger partial charge is 0.0701 e. The van der Waals surface area contributed by atoms with Gasteiger partial charge in [0.05, 0.1) is 3.79 Å². The number of halogens is 1. The first-order valence-electron chi connectivity index (χ1n) is 6.41. The Hall–Kier alpha value is 0.100. The lowest BCUT2D eigenvalue weighted by Gasteiger charge is -2.35. The molecule has 0 amide bonds. The molecule has 2 heterocycles. The first-order valence-corrected chi connectivity index (χ1v) is 8.08. The monoisotopic (exact) mass is 316 g/mol. The largest absolute Gasteiger partial charge is 0.320 e. The van der Waals surface area contributed by atoms with Crippen molar-refractivity contribution in [3.63, 3.8) is 0 Å². The van der Waals surface area contributed by atoms with Crippen LogP contribution in [-0.2, 0) is 6.54 Å². The molecule has 96 valence electrons. The molecule has 0 saturated carbocycles. The molecule has 2 rings (SSSR count). The zero-order valence-electron chi connectivity index (χ0n) is 10.4. The number of likely N-dealkylation sites (tertiary alicyclic amines) is 1. The summed E-state index contributed by atoms with van der Waals surface area (Å²) in [4.78, 5) is 2.66. The van der Waals surface area contributed by atoms with Gasteiger partial charge in [0.25, 0.3) is 0 Å². The molecule has 17 heavy (non-hydrogen) atoms. The van der Waals surface area contributed by atoms with Gasteiger partial charge >= 0.3 is 0 Å². The average Bonchev–Trinajstić information content (AvgIpc) is 2.74. The zero-order valence-corrected chi connectivity index (χ0v) is 12.8. The molecular formula is C13H21BrN2S. The number of hydrogen-bond donors (Lipinski definition) is 1. The summed E-state index contributed by atoms with van der Waals surface area (Å²) in [5.74, 6) is 0. The summed E-state index contributed by atoms with van der Waals surface area (Å²) in [6, 6.07) is 3.03. The van der Waals surface area contributed by atoms with Gasteiger partial charge in [-0.1, -0.05) is 6.42 Å². The highest BCUT2D eigenvalue weighted by molar-refractivity contribution is 9.11. The van der Waals surface area contributed by atoms with E-state index in [0.717, 1.165) is 19.1 Å². The zero-order chi connectivity index (χ0) is 12.1. The maximum Gasteiger partial charge on any atom is 0.0701 e. The summed E-state index contributed by atoms with van der Waals surface area (Å²) < 4.78 is 1.25. The molecule has 0 aliphatic carbocycles. The molecule has 2 nitrogen and oxygen atoms in total. The Morgan fingerprint density at radius 1 is 1.53 bits per heavy atom. The Morgan fingerprint density at radius 2 is 2.41 bits per heavy atom. The SMILES string of the molecule is CNCCC1CCCCN1Cc1csc(Br)c1. The molecule has 1 aliphatic heterocycles. The van der Waals surface area contributed by atoms with Gasteiger partial charge in [-0.25, -0.2) is 0 Å². The molecule has 1 aromatic rings. The van der Waals surface area contributed by atoms with E-state index < -0.39 is 0 Å². The van der Waals surface area contributed by atoms with Crippen molar-refractivity contribution >= 4 is 27.3 Å². The molecule has 0 bridgehead atoms. The first kappa shape index (κ1) is 13.5. The summed E-state index contributed by atoms with van der Waals surface area (Å²) in [6.07, 6.45) is 5.41. The Morgan fingerprint density at radius 3 is 3.12 bits per heavy atom. The lowest BCUT2D eigenvalue weighted by Crippen LogP contribution is -2.40. The van der Waals surface area contributed by atoms with Crippen LogP contribution in [0.4, 0.5) is 0 Å². The molecule has 1 aliphatic rings. The van der Waals surface area contributed by atoms with E-state index in [9.17, 15) is 0 Å². The van der Waals surface area contributed by atoms with Crippen molar-refractivity contribution in [2.45, 2.75) is 38.3 Å². The predicted octanol–water partition coefficient (Wildman–Crippen LogP) is 3.47. The van der Waals surface area contributed by atoms with E-state index in [-0.39, 0.29) is 0 Å². The van der Waals surface area contributed by atoms with Crippen LogP contribution in [0.1, 0.15) is 31.2 Å². The number of nitrogens with one attached hydrogen (secondary N) is 1. The summed E-state index contributed by atoms with van der Waals surface area (Å²) >= 11 is 5.33. The van der Waals surface area contributed by atoms with Crippen LogP contribution in [-0.4, -0.2) is 31.1 Å². The van der Waals surface area contributed by atoms with E-state index in [4.69, 9.17) is 0 Å². The van der Waals surface area contributed by atoms with Crippen LogP contribution in [0.25, 0.3) is 0 Å². The molecule has 1 aromatic heterocycles. The van der Waals surface area contributed by atoms with E-state index in [1.54, 1.807) is 11.3 Å². The molecule has 4 heteroatoms. The van der Waals surface area contributed by atoms with Crippen LogP contribution in [0, 0.1) is 0 Å². The van der Waals surface area contributed by atoms with Crippen LogP contribution < -0.4 is 5.32 Å². The molecule has 1 fully saturated rings. The van der Waals surface area contributed by atoms with Gasteiger partial charge in [0, 0.05) is 12.6 Å². The normalized spacial score (nSPS) is 21.9. The fraction of sp³-hybridized carbons (Fsp3) is 0.692. The highest BCUT2D eigenvalue weighted by Gasteiger charge is 2.21. The molecule has 1 N–H and O–H groups in total. The molecule has 0 radical (unpaired) electrons. The Labute approximate surface area is 117 Å². The highest BCUT2D eigenvalue weighted by Crippen LogP contribution is 2.25. The van der Waals surface area contributed by atoms with Crippen molar-refractivity contribution in [1.82, 2.24) is 10.2 Å². The van der Waals surface area contributed by atoms with Crippen molar-refractivity contribution in [2.24, 2.45) is 0 Å². The topological polar surface area (TPSA) is 15.3 Å². The van der Waals surface area contributed by atoms with Gasteiger partial charge in [0.1, 0.15) is 0 Å². The molecule has 1 atom stereocenters. The number of nitrogens with zero attached hydrogens (tertiary/aromatic N) is 1. The Bertz CT molecular complexity index is 340. The second-order valence-corrected chi connectivity index (χ2v) is 7.06. The molecule has 0 aromatic carbocycles. The van der Waals surface area contributed by atoms with Crippen LogP contribution in [0.2, 0.25) is 0 Å². The predicted molar refractivity (Wildman–Crippen MR) is 78.6 cm³/mol. The summed E-state index contributed by atoms with van der Waals surface area (Å²) in [5.41, 5.74) is 1.46. The minimum absolute atomic E-state index is 0.773. The van der Waals surface area contributed by atoms with Crippen molar-refractivity contribution < 1.29 is 0 Å². The molecule has 1 unspecified atom stereocenters. The maximum absolute atomic E-state index is 3.54. The van der Waals surface area contributed by atoms with E-state index in [0.29, 0.717) is 0 Å². The summed E-state index contributed by atoms with van der Waals surface area (Å²) in [6.45, 7) is 3.52. The van der Waals surface area contributed by atoms with Gasteiger partial charge in [-0.15, -0.1) is 11.3 Å². The minimum Gasteiger partial charge on any atom is -0.320 e. The second-order valence-electron chi connectivity index (χ2n) is 4.77. The van der Waals surface area contributed by atoms with E-state index in [2.05, 4.69) is 37.6 Å². The highest BCUT2D eigenvalue weighted by atomic mass is 79.9. The lowest BCUT2D eigenvalue weighted by molar-refractivity contribution is 0.132. The van der Waals surface area contributed by atoms with Crippen LogP contribution in [0.5, 0.6) is 0 Å². The third-order valence-corrected chi connectivity index (χ3v) is 5.04. The maximum atomic E-state index is 3.54. The van der Waals surface area contributed by atoms with E-state index in [1.807, 2.05) is 7.05 Å². The molecule has 1 saturated heterocycles. The Balaban J connectivity index is 1.91. The van der Waals surface area contributed by atoms with E-state index in [1.165, 1.54) is 41.6 Å². The number of thiophene rings is 1. The van der Waals surface area contributed by atoms with Crippen LogP contribution in [0.15, 0.2) is 15.2 Å². The third kappa shape index (κ3) is 4.05. The first-order chi connectivity index (χ1) is 8.29. The minimum atomic E-state index is 0.773. The number of hydrogen-bond acceptors (Lipinski definition) is 3. The van der Waals surface area contributed by atoms with Crippen molar-refractivity contribution in [1.29, 1.82) is 0 Å². The number of rotatable bonds is 5. The van der Waals surface area contributed by atoms with Gasteiger partial charge in [0.2, 0.25) is 0 Å². The Kier molecular flexibility index (Phi) is 5.48. The van der Waals surface area contributed by atoms with Crippen molar-refractivity contribution in [3.8, 4) is 0 Å². The van der Waals surface area contributed by atoms with Gasteiger partial charge in [-0.3, -0.25) is 4.90 Å². The average molecular weight is 317 g/mol. The van der Waals surface area contributed by atoms with E-state index >= 15 is 0 Å². The standard InChI is InChI=1S/C13H21BrN2S/c1-15-6-5-12-4-2-3-7-16(12)9-11-8-13(14)17-10-11/h8,10,12,15H,2-7,9H2,1H3. The van der Waals surface area contributed by atoms with Gasteiger partial charge in [0.15, 0.2) is 0 Å². The molecule has 0 spiro atoms. The fourth-order valence-corrected chi connectivity index (χ4v) is 3.77. The lowest BCUT2D eigenvalue weighted by atomic mass is 9.99. The van der Waals surface area contributed by atoms with Crippen LogP contribution in [0.3, 0.4) is 0 Å². The van der Waals surface area contributed by atoms with Crippen molar-refractivity contribution in [3.05, 3.63) is 20.8 Å². The summed E-state index contributed by atoms with van der Waals surface area (Å²) in [5, 5.41) is 5.54. The molecular weight excluding hydrogens is 296 g/mol. The van der Waals surface area contributed by atoms with Gasteiger partial charge < -0.3 is 5.32 Å². The summed E-state index contributed by atoms with van der Waals surface area (Å²) in [7, 11) is 2.04. The van der Waals surface area contributed by atoms with Gasteiger partial charge in [-0.05, 0) is 72.3 Å². The van der Waals surface area contributed by atoms with Crippen molar-refractivity contribution in [2.75, 3.05) is 20.1 Å². The van der Waals surface area contributed by atoms with Crippen LogP contribution >= 0.6 is 27.3 Å². The second kappa shape index (κ2) is 6.88. The van der Waals surface area contributed by atoms with Gasteiger partial charge in [-0.2, -0.15) is 0 Å². The third-order valence-electron chi connectivity index (χ3n) is 3.48. The fourth-order valence-electron chi connectivity index (χ4n) is 2.57.